The van der Waals surface area contributed by atoms with Crippen LogP contribution in [0.4, 0.5) is 0 Å². The number of unbranched alkanes of at least 4 members (excludes halogenated alkanes) is 1. The first-order valence-corrected chi connectivity index (χ1v) is 8.02. The number of hydrogen-bond acceptors (Lipinski definition) is 3. The Balaban J connectivity index is 2.34. The minimum absolute atomic E-state index is 0.252. The molecule has 0 saturated carbocycles. The van der Waals surface area contributed by atoms with E-state index in [-0.39, 0.29) is 5.54 Å². The summed E-state index contributed by atoms with van der Waals surface area (Å²) in [6.45, 7) is 16.6. The second-order valence-corrected chi connectivity index (χ2v) is 6.93. The molecule has 1 aliphatic rings. The van der Waals surface area contributed by atoms with Crippen LogP contribution in [0.1, 0.15) is 53.9 Å². The van der Waals surface area contributed by atoms with Gasteiger partial charge in [0.2, 0.25) is 0 Å². The van der Waals surface area contributed by atoms with Crippen molar-refractivity contribution < 1.29 is 4.74 Å². The summed E-state index contributed by atoms with van der Waals surface area (Å²) < 4.78 is 5.72. The molecule has 0 aromatic carbocycles. The van der Waals surface area contributed by atoms with E-state index in [0.717, 1.165) is 38.8 Å². The van der Waals surface area contributed by atoms with E-state index in [9.17, 15) is 0 Å². The molecule has 0 aromatic heterocycles. The van der Waals surface area contributed by atoms with Crippen molar-refractivity contribution >= 4 is 0 Å². The van der Waals surface area contributed by atoms with Gasteiger partial charge in [-0.25, -0.2) is 0 Å². The molecule has 0 amide bonds. The van der Waals surface area contributed by atoms with Crippen LogP contribution in [-0.2, 0) is 4.74 Å². The van der Waals surface area contributed by atoms with Crippen molar-refractivity contribution in [3.05, 3.63) is 0 Å². The van der Waals surface area contributed by atoms with E-state index < -0.39 is 0 Å². The quantitative estimate of drug-likeness (QED) is 0.686. The lowest BCUT2D eigenvalue weighted by Crippen LogP contribution is -2.62. The molecular weight excluding hydrogens is 236 g/mol. The number of rotatable bonds is 8. The van der Waals surface area contributed by atoms with Crippen molar-refractivity contribution in [2.45, 2.75) is 65.5 Å². The van der Waals surface area contributed by atoms with Crippen LogP contribution in [-0.4, -0.2) is 49.3 Å². The summed E-state index contributed by atoms with van der Waals surface area (Å²) in [6.07, 6.45) is 3.67. The third-order valence-corrected chi connectivity index (χ3v) is 4.02. The standard InChI is InChI=1S/C16H34N2O/c1-6-7-9-19-10-8-18-12-15(11-14(2)3)17-13-16(18,4)5/h14-15,17H,6-13H2,1-5H3. The van der Waals surface area contributed by atoms with Gasteiger partial charge in [-0.05, 0) is 32.6 Å². The maximum absolute atomic E-state index is 5.72. The van der Waals surface area contributed by atoms with Crippen LogP contribution in [0.5, 0.6) is 0 Å². The fourth-order valence-electron chi connectivity index (χ4n) is 2.73. The first-order chi connectivity index (χ1) is 8.95. The molecule has 19 heavy (non-hydrogen) atoms. The molecule has 1 aliphatic heterocycles. The molecule has 3 nitrogen and oxygen atoms in total. The van der Waals surface area contributed by atoms with E-state index in [2.05, 4.69) is 44.8 Å². The highest BCUT2D eigenvalue weighted by Gasteiger charge is 2.33. The van der Waals surface area contributed by atoms with Gasteiger partial charge in [-0.2, -0.15) is 0 Å². The number of piperazine rings is 1. The highest BCUT2D eigenvalue weighted by atomic mass is 16.5. The summed E-state index contributed by atoms with van der Waals surface area (Å²) in [6, 6.07) is 0.642. The average molecular weight is 270 g/mol. The Morgan fingerprint density at radius 2 is 2.05 bits per heavy atom. The van der Waals surface area contributed by atoms with Crippen molar-refractivity contribution in [2.24, 2.45) is 5.92 Å². The molecule has 1 heterocycles. The Morgan fingerprint density at radius 3 is 2.68 bits per heavy atom. The van der Waals surface area contributed by atoms with Crippen LogP contribution in [0.15, 0.2) is 0 Å². The van der Waals surface area contributed by atoms with Crippen LogP contribution in [0.25, 0.3) is 0 Å². The minimum atomic E-state index is 0.252. The van der Waals surface area contributed by atoms with E-state index in [1.54, 1.807) is 0 Å². The Hall–Kier alpha value is -0.120. The lowest BCUT2D eigenvalue weighted by atomic mass is 9.94. The predicted octanol–water partition coefficient (Wildman–Crippen LogP) is 2.90. The normalized spacial score (nSPS) is 24.0. The monoisotopic (exact) mass is 270 g/mol. The lowest BCUT2D eigenvalue weighted by Gasteiger charge is -2.46. The summed E-state index contributed by atoms with van der Waals surface area (Å²) >= 11 is 0. The Bertz CT molecular complexity index is 241. The van der Waals surface area contributed by atoms with Crippen LogP contribution >= 0.6 is 0 Å². The molecule has 0 spiro atoms. The molecule has 1 atom stereocenters. The van der Waals surface area contributed by atoms with Gasteiger partial charge in [0.05, 0.1) is 6.61 Å². The van der Waals surface area contributed by atoms with Gasteiger partial charge >= 0.3 is 0 Å². The van der Waals surface area contributed by atoms with Gasteiger partial charge in [-0.3, -0.25) is 4.90 Å². The zero-order chi connectivity index (χ0) is 14.3. The number of nitrogens with one attached hydrogen (secondary N) is 1. The topological polar surface area (TPSA) is 24.5 Å². The summed E-state index contributed by atoms with van der Waals surface area (Å²) in [5.41, 5.74) is 0.252. The number of ether oxygens (including phenoxy) is 1. The molecule has 0 radical (unpaired) electrons. The van der Waals surface area contributed by atoms with Crippen molar-refractivity contribution in [1.82, 2.24) is 10.2 Å². The summed E-state index contributed by atoms with van der Waals surface area (Å²) in [5.74, 6) is 0.765. The predicted molar refractivity (Wildman–Crippen MR) is 82.6 cm³/mol. The number of nitrogens with zero attached hydrogens (tertiary/aromatic N) is 1. The zero-order valence-corrected chi connectivity index (χ0v) is 13.7. The average Bonchev–Trinajstić information content (AvgIpc) is 2.32. The maximum atomic E-state index is 5.72. The van der Waals surface area contributed by atoms with Gasteiger partial charge < -0.3 is 10.1 Å². The van der Waals surface area contributed by atoms with E-state index in [1.807, 2.05) is 0 Å². The van der Waals surface area contributed by atoms with Crippen molar-refractivity contribution in [2.75, 3.05) is 32.8 Å². The molecule has 1 N–H and O–H groups in total. The van der Waals surface area contributed by atoms with Gasteiger partial charge in [0, 0.05) is 37.8 Å². The second-order valence-electron chi connectivity index (χ2n) is 6.93. The van der Waals surface area contributed by atoms with Gasteiger partial charge in [-0.15, -0.1) is 0 Å². The van der Waals surface area contributed by atoms with Crippen LogP contribution in [0.2, 0.25) is 0 Å². The lowest BCUT2D eigenvalue weighted by molar-refractivity contribution is 0.0251. The van der Waals surface area contributed by atoms with Gasteiger partial charge in [0.25, 0.3) is 0 Å². The first kappa shape index (κ1) is 16.9. The Labute approximate surface area is 120 Å². The fraction of sp³-hybridized carbons (Fsp3) is 1.00. The van der Waals surface area contributed by atoms with Crippen molar-refractivity contribution in [3.63, 3.8) is 0 Å². The summed E-state index contributed by atoms with van der Waals surface area (Å²) in [7, 11) is 0. The smallest absolute Gasteiger partial charge is 0.0593 e. The second kappa shape index (κ2) is 8.23. The van der Waals surface area contributed by atoms with E-state index >= 15 is 0 Å². The third kappa shape index (κ3) is 6.24. The SMILES string of the molecule is CCCCOCCN1CC(CC(C)C)NCC1(C)C. The van der Waals surface area contributed by atoms with Gasteiger partial charge in [0.1, 0.15) is 0 Å². The number of hydrogen-bond donors (Lipinski definition) is 1. The van der Waals surface area contributed by atoms with E-state index in [4.69, 9.17) is 4.74 Å². The highest BCUT2D eigenvalue weighted by Crippen LogP contribution is 2.20. The van der Waals surface area contributed by atoms with Crippen LogP contribution in [0, 0.1) is 5.92 Å². The molecule has 0 aliphatic carbocycles. The Morgan fingerprint density at radius 1 is 1.32 bits per heavy atom. The molecule has 1 rings (SSSR count). The molecule has 1 saturated heterocycles. The fourth-order valence-corrected chi connectivity index (χ4v) is 2.73. The molecule has 1 unspecified atom stereocenters. The van der Waals surface area contributed by atoms with Crippen molar-refractivity contribution in [3.8, 4) is 0 Å². The maximum Gasteiger partial charge on any atom is 0.0593 e. The third-order valence-electron chi connectivity index (χ3n) is 4.02. The molecule has 1 fully saturated rings. The molecule has 114 valence electrons. The summed E-state index contributed by atoms with van der Waals surface area (Å²) in [4.78, 5) is 2.60. The Kier molecular flexibility index (Phi) is 7.33. The van der Waals surface area contributed by atoms with Gasteiger partial charge in [0.15, 0.2) is 0 Å². The summed E-state index contributed by atoms with van der Waals surface area (Å²) in [5, 5.41) is 3.70. The molecular formula is C16H34N2O. The zero-order valence-electron chi connectivity index (χ0n) is 13.7. The highest BCUT2D eigenvalue weighted by molar-refractivity contribution is 4.92. The molecule has 0 bridgehead atoms. The van der Waals surface area contributed by atoms with Gasteiger partial charge in [-0.1, -0.05) is 27.2 Å². The first-order valence-electron chi connectivity index (χ1n) is 8.02. The van der Waals surface area contributed by atoms with E-state index in [1.165, 1.54) is 19.3 Å². The van der Waals surface area contributed by atoms with Crippen LogP contribution < -0.4 is 5.32 Å². The molecule has 3 heteroatoms. The van der Waals surface area contributed by atoms with Crippen molar-refractivity contribution in [1.29, 1.82) is 0 Å². The van der Waals surface area contributed by atoms with E-state index in [0.29, 0.717) is 6.04 Å². The molecule has 0 aromatic rings. The minimum Gasteiger partial charge on any atom is -0.380 e. The van der Waals surface area contributed by atoms with Crippen LogP contribution in [0.3, 0.4) is 0 Å². The largest absolute Gasteiger partial charge is 0.380 e.